The molecule has 1 aromatic heterocycles. The minimum atomic E-state index is -0.664. The van der Waals surface area contributed by atoms with E-state index in [0.29, 0.717) is 33.6 Å². The predicted molar refractivity (Wildman–Crippen MR) is 131 cm³/mol. The number of ketones is 1. The third-order valence-corrected chi connectivity index (χ3v) is 5.96. The summed E-state index contributed by atoms with van der Waals surface area (Å²) in [4.78, 5) is 37.2. The molecule has 3 aromatic carbocycles. The molecule has 0 bridgehead atoms. The molecule has 0 amide bonds. The quantitative estimate of drug-likeness (QED) is 0.177. The second-order valence-corrected chi connectivity index (χ2v) is 8.76. The maximum absolute atomic E-state index is 12.9. The molecule has 4 aromatic rings. The molecule has 0 radical (unpaired) electrons. The lowest BCUT2D eigenvalue weighted by Crippen LogP contribution is -2.07. The van der Waals surface area contributed by atoms with Gasteiger partial charge in [-0.15, -0.1) is 0 Å². The van der Waals surface area contributed by atoms with Crippen LogP contribution in [0, 0.1) is 6.92 Å². The average molecular weight is 533 g/mol. The SMILES string of the molecule is COC(=O)c1ccc(/C=C2\Oc3cc(OC(=O)c4cc5cc(Br)ccc5o4)cc(C)c3C2=O)cc1. The number of fused-ring (bicyclic) bond motifs is 2. The number of carbonyl (C=O) groups excluding carboxylic acids is 3. The van der Waals surface area contributed by atoms with Gasteiger partial charge in [-0.05, 0) is 66.6 Å². The Morgan fingerprint density at radius 3 is 2.49 bits per heavy atom. The Morgan fingerprint density at radius 1 is 0.971 bits per heavy atom. The number of aryl methyl sites for hydroxylation is 1. The van der Waals surface area contributed by atoms with Gasteiger partial charge in [0.15, 0.2) is 5.76 Å². The Morgan fingerprint density at radius 2 is 1.74 bits per heavy atom. The smallest absolute Gasteiger partial charge is 0.379 e. The van der Waals surface area contributed by atoms with Crippen LogP contribution in [0.15, 0.2) is 75.3 Å². The molecule has 0 saturated heterocycles. The Labute approximate surface area is 208 Å². The normalized spacial score (nSPS) is 13.6. The number of esters is 2. The van der Waals surface area contributed by atoms with Gasteiger partial charge >= 0.3 is 11.9 Å². The van der Waals surface area contributed by atoms with Crippen LogP contribution in [-0.4, -0.2) is 24.8 Å². The van der Waals surface area contributed by atoms with Gasteiger partial charge in [0.05, 0.1) is 18.2 Å². The number of halogens is 1. The van der Waals surface area contributed by atoms with E-state index in [2.05, 4.69) is 15.9 Å². The molecule has 0 unspecified atom stereocenters. The summed E-state index contributed by atoms with van der Waals surface area (Å²) >= 11 is 3.39. The lowest BCUT2D eigenvalue weighted by atomic mass is 10.0. The number of carbonyl (C=O) groups is 3. The van der Waals surface area contributed by atoms with E-state index in [1.54, 1.807) is 55.5 Å². The highest BCUT2D eigenvalue weighted by atomic mass is 79.9. The largest absolute Gasteiger partial charge is 0.465 e. The number of rotatable bonds is 4. The van der Waals surface area contributed by atoms with Gasteiger partial charge in [0.1, 0.15) is 17.1 Å². The molecule has 0 atom stereocenters. The molecule has 5 rings (SSSR count). The Balaban J connectivity index is 1.37. The molecule has 1 aliphatic heterocycles. The Kier molecular flexibility index (Phi) is 5.74. The molecule has 0 N–H and O–H groups in total. The Bertz CT molecular complexity index is 1540. The van der Waals surface area contributed by atoms with Crippen molar-refractivity contribution in [1.82, 2.24) is 0 Å². The summed E-state index contributed by atoms with van der Waals surface area (Å²) < 4.78 is 22.4. The van der Waals surface area contributed by atoms with Crippen LogP contribution < -0.4 is 9.47 Å². The molecule has 1 aliphatic rings. The van der Waals surface area contributed by atoms with Crippen LogP contribution in [0.25, 0.3) is 17.0 Å². The van der Waals surface area contributed by atoms with Crippen LogP contribution in [-0.2, 0) is 4.74 Å². The predicted octanol–water partition coefficient (Wildman–Crippen LogP) is 6.13. The topological polar surface area (TPSA) is 92.0 Å². The van der Waals surface area contributed by atoms with Crippen LogP contribution in [0.2, 0.25) is 0 Å². The molecule has 0 aliphatic carbocycles. The van der Waals surface area contributed by atoms with Gasteiger partial charge in [-0.1, -0.05) is 28.1 Å². The van der Waals surface area contributed by atoms with Gasteiger partial charge in [0, 0.05) is 15.9 Å². The van der Waals surface area contributed by atoms with Gasteiger partial charge in [-0.25, -0.2) is 9.59 Å². The third kappa shape index (κ3) is 4.36. The second kappa shape index (κ2) is 8.88. The van der Waals surface area contributed by atoms with Crippen LogP contribution in [0.1, 0.15) is 42.4 Å². The molecular weight excluding hydrogens is 516 g/mol. The number of ether oxygens (including phenoxy) is 3. The summed E-state index contributed by atoms with van der Waals surface area (Å²) in [5, 5.41) is 0.764. The molecule has 0 saturated carbocycles. The van der Waals surface area contributed by atoms with Crippen molar-refractivity contribution in [2.45, 2.75) is 6.92 Å². The van der Waals surface area contributed by atoms with Gasteiger partial charge in [0.2, 0.25) is 11.5 Å². The van der Waals surface area contributed by atoms with Crippen molar-refractivity contribution in [3.63, 3.8) is 0 Å². The highest BCUT2D eigenvalue weighted by molar-refractivity contribution is 9.10. The van der Waals surface area contributed by atoms with E-state index in [0.717, 1.165) is 9.86 Å². The first-order chi connectivity index (χ1) is 16.8. The fraction of sp³-hybridized carbons (Fsp3) is 0.0741. The third-order valence-electron chi connectivity index (χ3n) is 5.46. The van der Waals surface area contributed by atoms with Crippen molar-refractivity contribution in [2.24, 2.45) is 0 Å². The summed E-state index contributed by atoms with van der Waals surface area (Å²) in [6.45, 7) is 1.74. The number of hydrogen-bond donors (Lipinski definition) is 0. The standard InChI is InChI=1S/C27H17BrO7/c1-14-9-19(33-27(31)23-12-17-11-18(28)7-8-20(17)34-23)13-21-24(14)25(29)22(35-21)10-15-3-5-16(6-4-15)26(30)32-2/h3-13H,1-2H3/b22-10-. The van der Waals surface area contributed by atoms with Crippen molar-refractivity contribution in [3.8, 4) is 11.5 Å². The van der Waals surface area contributed by atoms with Crippen LogP contribution in [0.4, 0.5) is 0 Å². The van der Waals surface area contributed by atoms with E-state index in [1.165, 1.54) is 13.2 Å². The molecule has 8 heteroatoms. The van der Waals surface area contributed by atoms with Gasteiger partial charge in [0.25, 0.3) is 0 Å². The highest BCUT2D eigenvalue weighted by Crippen LogP contribution is 2.38. The van der Waals surface area contributed by atoms with Crippen LogP contribution in [0.3, 0.4) is 0 Å². The first-order valence-corrected chi connectivity index (χ1v) is 11.3. The zero-order valence-electron chi connectivity index (χ0n) is 18.6. The van der Waals surface area contributed by atoms with Gasteiger partial charge in [-0.3, -0.25) is 4.79 Å². The van der Waals surface area contributed by atoms with Crippen molar-refractivity contribution < 1.29 is 33.0 Å². The van der Waals surface area contributed by atoms with Crippen LogP contribution >= 0.6 is 15.9 Å². The number of furan rings is 1. The molecular formula is C27H17BrO7. The maximum Gasteiger partial charge on any atom is 0.379 e. The van der Waals surface area contributed by atoms with Crippen LogP contribution in [0.5, 0.6) is 11.5 Å². The van der Waals surface area contributed by atoms with E-state index >= 15 is 0 Å². The van der Waals surface area contributed by atoms with E-state index < -0.39 is 11.9 Å². The zero-order chi connectivity index (χ0) is 24.7. The highest BCUT2D eigenvalue weighted by Gasteiger charge is 2.30. The summed E-state index contributed by atoms with van der Waals surface area (Å²) in [7, 11) is 1.31. The maximum atomic E-state index is 12.9. The number of hydrogen-bond acceptors (Lipinski definition) is 7. The van der Waals surface area contributed by atoms with E-state index in [9.17, 15) is 14.4 Å². The van der Waals surface area contributed by atoms with Crippen molar-refractivity contribution in [2.75, 3.05) is 7.11 Å². The molecule has 0 spiro atoms. The number of allylic oxidation sites excluding steroid dienone is 1. The van der Waals surface area contributed by atoms with Crippen molar-refractivity contribution >= 4 is 50.7 Å². The summed E-state index contributed by atoms with van der Waals surface area (Å²) in [6.07, 6.45) is 1.58. The van der Waals surface area contributed by atoms with E-state index in [1.807, 2.05) is 12.1 Å². The fourth-order valence-corrected chi connectivity index (χ4v) is 4.17. The molecule has 35 heavy (non-hydrogen) atoms. The molecule has 7 nitrogen and oxygen atoms in total. The fourth-order valence-electron chi connectivity index (χ4n) is 3.79. The number of Topliss-reactive ketones (excluding diaryl/α,β-unsaturated/α-hetero) is 1. The average Bonchev–Trinajstić information content (AvgIpc) is 3.40. The van der Waals surface area contributed by atoms with E-state index in [-0.39, 0.29) is 23.1 Å². The molecule has 2 heterocycles. The van der Waals surface area contributed by atoms with Crippen molar-refractivity contribution in [3.05, 3.63) is 98.9 Å². The minimum absolute atomic E-state index is 0.0595. The molecule has 174 valence electrons. The lowest BCUT2D eigenvalue weighted by molar-refractivity contribution is 0.0600. The lowest BCUT2D eigenvalue weighted by Gasteiger charge is -2.06. The van der Waals surface area contributed by atoms with Crippen molar-refractivity contribution in [1.29, 1.82) is 0 Å². The summed E-state index contributed by atoms with van der Waals surface area (Å²) in [5.41, 5.74) is 2.64. The monoisotopic (exact) mass is 532 g/mol. The second-order valence-electron chi connectivity index (χ2n) is 7.85. The van der Waals surface area contributed by atoms with E-state index in [4.69, 9.17) is 18.6 Å². The Hall–Kier alpha value is -4.17. The first-order valence-electron chi connectivity index (χ1n) is 10.5. The number of methoxy groups -OCH3 is 1. The summed E-state index contributed by atoms with van der Waals surface area (Å²) in [5.74, 6) is -0.687. The number of benzene rings is 3. The van der Waals surface area contributed by atoms with Gasteiger partial charge in [-0.2, -0.15) is 0 Å². The van der Waals surface area contributed by atoms with Gasteiger partial charge < -0.3 is 18.6 Å². The molecule has 0 fully saturated rings. The first kappa shape index (κ1) is 22.6. The minimum Gasteiger partial charge on any atom is -0.465 e. The summed E-state index contributed by atoms with van der Waals surface area (Å²) in [6, 6.07) is 16.7. The zero-order valence-corrected chi connectivity index (χ0v) is 20.2.